The van der Waals surface area contributed by atoms with Crippen molar-refractivity contribution >= 4 is 11.3 Å². The fraction of sp³-hybridized carbons (Fsp3) is 0.636. The van der Waals surface area contributed by atoms with E-state index in [2.05, 4.69) is 13.8 Å². The van der Waals surface area contributed by atoms with Crippen molar-refractivity contribution in [3.8, 4) is 0 Å². The quantitative estimate of drug-likeness (QED) is 0.816. The van der Waals surface area contributed by atoms with Gasteiger partial charge in [0, 0.05) is 10.8 Å². The molecule has 0 spiro atoms. The lowest BCUT2D eigenvalue weighted by molar-refractivity contribution is 0.0803. The number of aryl methyl sites for hydroxylation is 1. The average Bonchev–Trinajstić information content (AvgIpc) is 2.73. The van der Waals surface area contributed by atoms with Crippen molar-refractivity contribution in [2.24, 2.45) is 5.92 Å². The molecule has 0 radical (unpaired) electrons. The first-order valence-corrected chi connectivity index (χ1v) is 5.90. The second-order valence-electron chi connectivity index (χ2n) is 4.02. The van der Waals surface area contributed by atoms with Gasteiger partial charge < -0.3 is 9.84 Å². The number of rotatable bonds is 2. The molecule has 0 amide bonds. The molecule has 1 aliphatic heterocycles. The van der Waals surface area contributed by atoms with E-state index in [0.717, 1.165) is 12.0 Å². The van der Waals surface area contributed by atoms with Crippen molar-refractivity contribution in [2.45, 2.75) is 32.5 Å². The van der Waals surface area contributed by atoms with Gasteiger partial charge in [0.15, 0.2) is 0 Å². The van der Waals surface area contributed by atoms with Crippen LogP contribution in [0, 0.1) is 12.8 Å². The summed E-state index contributed by atoms with van der Waals surface area (Å²) in [6, 6.07) is 2.02. The molecule has 1 fully saturated rings. The second kappa shape index (κ2) is 4.01. The van der Waals surface area contributed by atoms with Crippen LogP contribution >= 0.6 is 11.3 Å². The van der Waals surface area contributed by atoms with Crippen molar-refractivity contribution in [1.82, 2.24) is 0 Å². The molecule has 0 aromatic carbocycles. The Balaban J connectivity index is 2.09. The average molecular weight is 212 g/mol. The van der Waals surface area contributed by atoms with Crippen LogP contribution in [0.25, 0.3) is 0 Å². The Labute approximate surface area is 88.5 Å². The summed E-state index contributed by atoms with van der Waals surface area (Å²) in [4.78, 5) is 1.22. The highest BCUT2D eigenvalue weighted by Gasteiger charge is 2.30. The summed E-state index contributed by atoms with van der Waals surface area (Å²) in [5.74, 6) is 0.276. The van der Waals surface area contributed by atoms with Gasteiger partial charge in [0.25, 0.3) is 0 Å². The zero-order valence-electron chi connectivity index (χ0n) is 8.56. The SMILES string of the molecule is Cc1sccc1C(O)C1COC(C)C1. The van der Waals surface area contributed by atoms with Gasteiger partial charge in [-0.2, -0.15) is 0 Å². The first-order valence-electron chi connectivity index (χ1n) is 5.02. The van der Waals surface area contributed by atoms with Gasteiger partial charge >= 0.3 is 0 Å². The van der Waals surface area contributed by atoms with Gasteiger partial charge in [-0.05, 0) is 37.3 Å². The topological polar surface area (TPSA) is 29.5 Å². The minimum atomic E-state index is -0.341. The Bertz CT molecular complexity index is 308. The normalized spacial score (nSPS) is 29.4. The summed E-state index contributed by atoms with van der Waals surface area (Å²) in [6.45, 7) is 4.81. The maximum absolute atomic E-state index is 10.1. The van der Waals surface area contributed by atoms with Crippen molar-refractivity contribution in [2.75, 3.05) is 6.61 Å². The molecule has 78 valence electrons. The van der Waals surface area contributed by atoms with Crippen molar-refractivity contribution < 1.29 is 9.84 Å². The fourth-order valence-electron chi connectivity index (χ4n) is 2.03. The van der Waals surface area contributed by atoms with Crippen molar-refractivity contribution in [1.29, 1.82) is 0 Å². The van der Waals surface area contributed by atoms with E-state index < -0.39 is 0 Å². The van der Waals surface area contributed by atoms with Gasteiger partial charge in [-0.1, -0.05) is 0 Å². The predicted molar refractivity (Wildman–Crippen MR) is 57.5 cm³/mol. The molecule has 2 heterocycles. The smallest absolute Gasteiger partial charge is 0.0851 e. The summed E-state index contributed by atoms with van der Waals surface area (Å²) in [5.41, 5.74) is 1.08. The molecular formula is C11H16O2S. The third-order valence-electron chi connectivity index (χ3n) is 2.89. The Kier molecular flexibility index (Phi) is 2.91. The molecule has 3 atom stereocenters. The van der Waals surface area contributed by atoms with E-state index in [9.17, 15) is 5.11 Å². The first kappa shape index (κ1) is 10.1. The molecule has 14 heavy (non-hydrogen) atoms. The Morgan fingerprint density at radius 1 is 1.64 bits per heavy atom. The maximum atomic E-state index is 10.1. The van der Waals surface area contributed by atoms with Gasteiger partial charge in [-0.3, -0.25) is 0 Å². The third kappa shape index (κ3) is 1.85. The van der Waals surface area contributed by atoms with E-state index in [-0.39, 0.29) is 12.0 Å². The molecule has 1 aromatic heterocycles. The van der Waals surface area contributed by atoms with E-state index in [1.807, 2.05) is 11.4 Å². The fourth-order valence-corrected chi connectivity index (χ4v) is 2.77. The van der Waals surface area contributed by atoms with Gasteiger partial charge in [0.2, 0.25) is 0 Å². The Hall–Kier alpha value is -0.380. The van der Waals surface area contributed by atoms with Gasteiger partial charge in [0.1, 0.15) is 0 Å². The van der Waals surface area contributed by atoms with Gasteiger partial charge in [0.05, 0.1) is 18.8 Å². The highest BCUT2D eigenvalue weighted by atomic mass is 32.1. The number of thiophene rings is 1. The molecule has 1 aliphatic rings. The van der Waals surface area contributed by atoms with Crippen LogP contribution in [0.5, 0.6) is 0 Å². The van der Waals surface area contributed by atoms with E-state index in [0.29, 0.717) is 12.7 Å². The van der Waals surface area contributed by atoms with E-state index in [1.165, 1.54) is 4.88 Å². The van der Waals surface area contributed by atoms with Crippen LogP contribution in [0.1, 0.15) is 29.9 Å². The predicted octanol–water partition coefficient (Wildman–Crippen LogP) is 2.51. The molecule has 3 heteroatoms. The molecular weight excluding hydrogens is 196 g/mol. The third-order valence-corrected chi connectivity index (χ3v) is 3.76. The van der Waals surface area contributed by atoms with E-state index in [1.54, 1.807) is 11.3 Å². The molecule has 1 N–H and O–H groups in total. The van der Waals surface area contributed by atoms with Crippen molar-refractivity contribution in [3.63, 3.8) is 0 Å². The summed E-state index contributed by atoms with van der Waals surface area (Å²) < 4.78 is 5.47. The maximum Gasteiger partial charge on any atom is 0.0851 e. The van der Waals surface area contributed by atoms with Gasteiger partial charge in [-0.15, -0.1) is 11.3 Å². The van der Waals surface area contributed by atoms with Crippen LogP contribution < -0.4 is 0 Å². The monoisotopic (exact) mass is 212 g/mol. The Morgan fingerprint density at radius 3 is 2.93 bits per heavy atom. The standard InChI is InChI=1S/C11H16O2S/c1-7-5-9(6-13-7)11(12)10-3-4-14-8(10)2/h3-4,7,9,11-12H,5-6H2,1-2H3. The van der Waals surface area contributed by atoms with Crippen LogP contribution in [0.2, 0.25) is 0 Å². The second-order valence-corrected chi connectivity index (χ2v) is 5.14. The van der Waals surface area contributed by atoms with Crippen LogP contribution in [0.15, 0.2) is 11.4 Å². The lowest BCUT2D eigenvalue weighted by Gasteiger charge is -2.16. The highest BCUT2D eigenvalue weighted by molar-refractivity contribution is 7.10. The molecule has 1 saturated heterocycles. The van der Waals surface area contributed by atoms with Crippen LogP contribution in [-0.4, -0.2) is 17.8 Å². The molecule has 0 bridgehead atoms. The zero-order valence-corrected chi connectivity index (χ0v) is 9.38. The van der Waals surface area contributed by atoms with E-state index >= 15 is 0 Å². The number of hydrogen-bond acceptors (Lipinski definition) is 3. The lowest BCUT2D eigenvalue weighted by Crippen LogP contribution is -2.12. The summed E-state index contributed by atoms with van der Waals surface area (Å²) >= 11 is 1.69. The molecule has 0 saturated carbocycles. The molecule has 3 unspecified atom stereocenters. The number of aliphatic hydroxyl groups excluding tert-OH is 1. The number of aliphatic hydroxyl groups is 1. The minimum Gasteiger partial charge on any atom is -0.388 e. The number of hydrogen-bond donors (Lipinski definition) is 1. The number of ether oxygens (including phenoxy) is 1. The first-order chi connectivity index (χ1) is 6.68. The Morgan fingerprint density at radius 2 is 2.43 bits per heavy atom. The van der Waals surface area contributed by atoms with Crippen LogP contribution in [0.4, 0.5) is 0 Å². The summed E-state index contributed by atoms with van der Waals surface area (Å²) in [6.07, 6.45) is 0.927. The zero-order chi connectivity index (χ0) is 10.1. The summed E-state index contributed by atoms with van der Waals surface area (Å²) in [5, 5.41) is 12.2. The molecule has 2 nitrogen and oxygen atoms in total. The van der Waals surface area contributed by atoms with Crippen molar-refractivity contribution in [3.05, 3.63) is 21.9 Å². The van der Waals surface area contributed by atoms with Crippen LogP contribution in [-0.2, 0) is 4.74 Å². The van der Waals surface area contributed by atoms with Gasteiger partial charge in [-0.25, -0.2) is 0 Å². The molecule has 0 aliphatic carbocycles. The lowest BCUT2D eigenvalue weighted by atomic mass is 9.94. The minimum absolute atomic E-state index is 0.276. The van der Waals surface area contributed by atoms with E-state index in [4.69, 9.17) is 4.74 Å². The van der Waals surface area contributed by atoms with Crippen LogP contribution in [0.3, 0.4) is 0 Å². The molecule has 1 aromatic rings. The summed E-state index contributed by atoms with van der Waals surface area (Å²) in [7, 11) is 0. The largest absolute Gasteiger partial charge is 0.388 e. The molecule has 2 rings (SSSR count). The highest BCUT2D eigenvalue weighted by Crippen LogP contribution is 2.34.